The molecule has 1 N–H and O–H groups in total. The van der Waals surface area contributed by atoms with Crippen LogP contribution in [0.25, 0.3) is 0 Å². The van der Waals surface area contributed by atoms with Crippen molar-refractivity contribution in [2.24, 2.45) is 0 Å². The number of carboxylic acids is 1. The van der Waals surface area contributed by atoms with Crippen LogP contribution < -0.4 is 0 Å². The minimum Gasteiger partial charge on any atom is -0.480 e. The van der Waals surface area contributed by atoms with Crippen LogP contribution in [0, 0.1) is 0 Å². The molecule has 1 aliphatic heterocycles. The Bertz CT molecular complexity index is 715. The quantitative estimate of drug-likeness (QED) is 0.748. The number of aliphatic carboxylic acids is 1. The zero-order valence-electron chi connectivity index (χ0n) is 13.7. The largest absolute Gasteiger partial charge is 0.480 e. The molecule has 1 aromatic carbocycles. The smallest absolute Gasteiger partial charge is 0.320 e. The fourth-order valence-corrected chi connectivity index (χ4v) is 5.05. The first-order valence-corrected chi connectivity index (χ1v) is 10.0. The molecule has 1 aromatic heterocycles. The lowest BCUT2D eigenvalue weighted by Crippen LogP contribution is -2.46. The summed E-state index contributed by atoms with van der Waals surface area (Å²) in [5.41, 5.74) is 1.15. The Hall–Kier alpha value is -1.17. The predicted octanol–water partition coefficient (Wildman–Crippen LogP) is 5.10. The molecule has 1 aliphatic rings. The van der Waals surface area contributed by atoms with Crippen molar-refractivity contribution in [1.29, 1.82) is 0 Å². The van der Waals surface area contributed by atoms with Gasteiger partial charge in [0.05, 0.1) is 6.04 Å². The highest BCUT2D eigenvalue weighted by Gasteiger charge is 2.36. The van der Waals surface area contributed by atoms with Crippen LogP contribution in [-0.2, 0) is 11.2 Å². The monoisotopic (exact) mass is 407 g/mol. The number of thiophene rings is 1. The van der Waals surface area contributed by atoms with Crippen molar-refractivity contribution in [3.05, 3.63) is 56.2 Å². The van der Waals surface area contributed by atoms with Crippen LogP contribution in [0.2, 0.25) is 0 Å². The van der Waals surface area contributed by atoms with E-state index in [-0.39, 0.29) is 6.04 Å². The number of benzene rings is 1. The standard InChI is InChI=1S/C19H22BrNO2S/c1-2-13-10-11-17(24-13)18(14-7-3-4-8-15(14)20)21-12-6-5-9-16(21)19(22)23/h3-4,7-8,10-11,16,18H,2,5-6,9,12H2,1H3,(H,22,23). The van der Waals surface area contributed by atoms with Gasteiger partial charge in [-0.05, 0) is 49.6 Å². The Morgan fingerprint density at radius 1 is 1.33 bits per heavy atom. The van der Waals surface area contributed by atoms with E-state index in [9.17, 15) is 9.90 Å². The summed E-state index contributed by atoms with van der Waals surface area (Å²) < 4.78 is 1.04. The maximum absolute atomic E-state index is 11.8. The van der Waals surface area contributed by atoms with Gasteiger partial charge < -0.3 is 5.11 Å². The van der Waals surface area contributed by atoms with Crippen molar-refractivity contribution >= 4 is 33.2 Å². The van der Waals surface area contributed by atoms with Crippen LogP contribution in [0.5, 0.6) is 0 Å². The van der Waals surface area contributed by atoms with Gasteiger partial charge in [-0.1, -0.05) is 47.5 Å². The Morgan fingerprint density at radius 3 is 2.79 bits per heavy atom. The second-order valence-corrected chi connectivity index (χ2v) is 8.22. The number of hydrogen-bond acceptors (Lipinski definition) is 3. The molecule has 3 rings (SSSR count). The van der Waals surface area contributed by atoms with E-state index in [0.717, 1.165) is 42.3 Å². The van der Waals surface area contributed by atoms with E-state index in [4.69, 9.17) is 0 Å². The molecule has 2 atom stereocenters. The van der Waals surface area contributed by atoms with Crippen LogP contribution in [0.4, 0.5) is 0 Å². The highest BCUT2D eigenvalue weighted by molar-refractivity contribution is 9.10. The highest BCUT2D eigenvalue weighted by atomic mass is 79.9. The van der Waals surface area contributed by atoms with E-state index >= 15 is 0 Å². The first-order chi connectivity index (χ1) is 11.6. The van der Waals surface area contributed by atoms with Crippen LogP contribution in [0.15, 0.2) is 40.9 Å². The molecule has 5 heteroatoms. The average molecular weight is 408 g/mol. The van der Waals surface area contributed by atoms with Crippen molar-refractivity contribution in [2.75, 3.05) is 6.54 Å². The molecule has 2 unspecified atom stereocenters. The zero-order valence-corrected chi connectivity index (χ0v) is 16.1. The van der Waals surface area contributed by atoms with Gasteiger partial charge in [0.1, 0.15) is 6.04 Å². The molecule has 0 radical (unpaired) electrons. The topological polar surface area (TPSA) is 40.5 Å². The number of nitrogens with zero attached hydrogens (tertiary/aromatic N) is 1. The number of hydrogen-bond donors (Lipinski definition) is 1. The van der Waals surface area contributed by atoms with Crippen LogP contribution in [-0.4, -0.2) is 28.6 Å². The van der Waals surface area contributed by atoms with E-state index in [1.807, 2.05) is 18.2 Å². The van der Waals surface area contributed by atoms with Crippen molar-refractivity contribution in [2.45, 2.75) is 44.7 Å². The Morgan fingerprint density at radius 2 is 2.12 bits per heavy atom. The normalized spacial score (nSPS) is 20.0. The predicted molar refractivity (Wildman–Crippen MR) is 102 cm³/mol. The van der Waals surface area contributed by atoms with Gasteiger partial charge in [-0.25, -0.2) is 0 Å². The number of halogens is 1. The summed E-state index contributed by atoms with van der Waals surface area (Å²) in [6.07, 6.45) is 3.77. The van der Waals surface area contributed by atoms with Gasteiger partial charge in [-0.15, -0.1) is 11.3 Å². The summed E-state index contributed by atoms with van der Waals surface area (Å²) in [7, 11) is 0. The van der Waals surface area contributed by atoms with Gasteiger partial charge in [0, 0.05) is 14.2 Å². The van der Waals surface area contributed by atoms with E-state index < -0.39 is 12.0 Å². The Labute approximate surface area is 155 Å². The minimum atomic E-state index is -0.709. The van der Waals surface area contributed by atoms with E-state index in [1.54, 1.807) is 11.3 Å². The summed E-state index contributed by atoms with van der Waals surface area (Å²) in [6.45, 7) is 2.98. The molecule has 3 nitrogen and oxygen atoms in total. The summed E-state index contributed by atoms with van der Waals surface area (Å²) in [5, 5.41) is 9.72. The molecule has 128 valence electrons. The molecule has 0 spiro atoms. The number of likely N-dealkylation sites (tertiary alicyclic amines) is 1. The first kappa shape index (κ1) is 17.6. The second kappa shape index (κ2) is 7.81. The second-order valence-electron chi connectivity index (χ2n) is 6.17. The van der Waals surface area contributed by atoms with Gasteiger partial charge in [-0.3, -0.25) is 9.69 Å². The molecule has 24 heavy (non-hydrogen) atoms. The molecule has 0 amide bonds. The SMILES string of the molecule is CCc1ccc(C(c2ccccc2Br)N2CCCCC2C(=O)O)s1. The lowest BCUT2D eigenvalue weighted by atomic mass is 9.95. The fraction of sp³-hybridized carbons (Fsp3) is 0.421. The average Bonchev–Trinajstić information content (AvgIpc) is 3.06. The Kier molecular flexibility index (Phi) is 5.74. The van der Waals surface area contributed by atoms with Gasteiger partial charge in [0.25, 0.3) is 0 Å². The number of carboxylic acid groups (broad SMARTS) is 1. The zero-order chi connectivity index (χ0) is 17.1. The molecule has 0 aliphatic carbocycles. The maximum Gasteiger partial charge on any atom is 0.320 e. The molecule has 2 heterocycles. The summed E-state index contributed by atoms with van der Waals surface area (Å²) in [6, 6.07) is 12.1. The molecular weight excluding hydrogens is 386 g/mol. The van der Waals surface area contributed by atoms with Gasteiger partial charge in [0.15, 0.2) is 0 Å². The number of aryl methyl sites for hydroxylation is 1. The first-order valence-electron chi connectivity index (χ1n) is 8.43. The summed E-state index contributed by atoms with van der Waals surface area (Å²) in [4.78, 5) is 16.6. The third-order valence-corrected chi connectivity index (χ3v) is 6.67. The van der Waals surface area contributed by atoms with E-state index in [2.05, 4.69) is 46.0 Å². The molecule has 1 fully saturated rings. The van der Waals surface area contributed by atoms with Crippen molar-refractivity contribution < 1.29 is 9.90 Å². The van der Waals surface area contributed by atoms with Gasteiger partial charge in [0.2, 0.25) is 0 Å². The Balaban J connectivity index is 2.07. The van der Waals surface area contributed by atoms with Crippen LogP contribution in [0.1, 0.15) is 47.5 Å². The van der Waals surface area contributed by atoms with Crippen LogP contribution in [0.3, 0.4) is 0 Å². The van der Waals surface area contributed by atoms with Crippen molar-refractivity contribution in [3.63, 3.8) is 0 Å². The lowest BCUT2D eigenvalue weighted by Gasteiger charge is -2.39. The highest BCUT2D eigenvalue weighted by Crippen LogP contribution is 2.40. The van der Waals surface area contributed by atoms with Crippen molar-refractivity contribution in [1.82, 2.24) is 4.90 Å². The maximum atomic E-state index is 11.8. The molecule has 1 saturated heterocycles. The van der Waals surface area contributed by atoms with E-state index in [0.29, 0.717) is 0 Å². The molecular formula is C19H22BrNO2S. The number of rotatable bonds is 5. The number of carbonyl (C=O) groups is 1. The van der Waals surface area contributed by atoms with Gasteiger partial charge >= 0.3 is 5.97 Å². The molecule has 0 bridgehead atoms. The summed E-state index contributed by atoms with van der Waals surface area (Å²) >= 11 is 5.47. The molecule has 0 saturated carbocycles. The minimum absolute atomic E-state index is 0.00715. The number of piperidine rings is 1. The third-order valence-electron chi connectivity index (χ3n) is 4.66. The van der Waals surface area contributed by atoms with Gasteiger partial charge in [-0.2, -0.15) is 0 Å². The summed E-state index contributed by atoms with van der Waals surface area (Å²) in [5.74, 6) is -0.709. The van der Waals surface area contributed by atoms with Crippen molar-refractivity contribution in [3.8, 4) is 0 Å². The third kappa shape index (κ3) is 3.58. The van der Waals surface area contributed by atoms with E-state index in [1.165, 1.54) is 9.75 Å². The lowest BCUT2D eigenvalue weighted by molar-refractivity contribution is -0.145. The van der Waals surface area contributed by atoms with Crippen LogP contribution >= 0.6 is 27.3 Å². The molecule has 2 aromatic rings. The fourth-order valence-electron chi connectivity index (χ4n) is 3.45.